The van der Waals surface area contributed by atoms with Crippen LogP contribution in [0.2, 0.25) is 5.02 Å². The molecule has 3 aromatic rings. The van der Waals surface area contributed by atoms with Gasteiger partial charge >= 0.3 is 0 Å². The predicted molar refractivity (Wildman–Crippen MR) is 109 cm³/mol. The van der Waals surface area contributed by atoms with Crippen LogP contribution >= 0.6 is 23.2 Å². The van der Waals surface area contributed by atoms with Gasteiger partial charge in [0, 0.05) is 39.1 Å². The fourth-order valence-electron chi connectivity index (χ4n) is 2.29. The Hall–Kier alpha value is -2.69. The van der Waals surface area contributed by atoms with Crippen molar-refractivity contribution in [2.75, 3.05) is 5.32 Å². The normalized spacial score (nSPS) is 11.9. The minimum Gasteiger partial charge on any atom is -0.340 e. The van der Waals surface area contributed by atoms with Gasteiger partial charge in [-0.05, 0) is 49.4 Å². The fourth-order valence-corrected chi connectivity index (χ4v) is 2.53. The van der Waals surface area contributed by atoms with Crippen molar-refractivity contribution < 1.29 is 0 Å². The van der Waals surface area contributed by atoms with Crippen LogP contribution in [0.25, 0.3) is 22.3 Å². The van der Waals surface area contributed by atoms with Crippen LogP contribution in [-0.4, -0.2) is 15.0 Å². The van der Waals surface area contributed by atoms with Crippen molar-refractivity contribution in [2.45, 2.75) is 6.92 Å². The second-order valence-corrected chi connectivity index (χ2v) is 6.33. The highest BCUT2D eigenvalue weighted by Gasteiger charge is 2.10. The maximum atomic E-state index is 6.15. The van der Waals surface area contributed by atoms with Crippen LogP contribution in [-0.2, 0) is 0 Å². The zero-order valence-corrected chi connectivity index (χ0v) is 15.6. The van der Waals surface area contributed by atoms with Crippen molar-refractivity contribution in [3.63, 3.8) is 0 Å². The van der Waals surface area contributed by atoms with E-state index in [-0.39, 0.29) is 0 Å². The Morgan fingerprint density at radius 1 is 1.19 bits per heavy atom. The third-order valence-electron chi connectivity index (χ3n) is 3.58. The van der Waals surface area contributed by atoms with E-state index >= 15 is 0 Å². The molecule has 0 atom stereocenters. The first-order chi connectivity index (χ1) is 12.6. The molecule has 130 valence electrons. The van der Waals surface area contributed by atoms with Gasteiger partial charge in [0.25, 0.3) is 0 Å². The summed E-state index contributed by atoms with van der Waals surface area (Å²) in [7, 11) is 0. The summed E-state index contributed by atoms with van der Waals surface area (Å²) in [5.74, 6) is 1.18. The molecule has 0 fully saturated rings. The van der Waals surface area contributed by atoms with E-state index in [0.717, 1.165) is 16.5 Å². The average Bonchev–Trinajstić information content (AvgIpc) is 2.67. The lowest BCUT2D eigenvalue weighted by Gasteiger charge is -2.11. The number of anilines is 1. The quantitative estimate of drug-likeness (QED) is 0.552. The molecular weight excluding hydrogens is 367 g/mol. The molecule has 0 saturated heterocycles. The van der Waals surface area contributed by atoms with Crippen molar-refractivity contribution in [1.29, 1.82) is 0 Å². The first kappa shape index (κ1) is 18.1. The highest BCUT2D eigenvalue weighted by Crippen LogP contribution is 2.28. The van der Waals surface area contributed by atoms with Gasteiger partial charge < -0.3 is 5.32 Å². The second-order valence-electron chi connectivity index (χ2n) is 5.46. The SMILES string of the molecule is C=C(/C=C\C(Cl)=C/C)Nc1nc(-c2cccnc2)nc2ccc(Cl)cc12. The van der Waals surface area contributed by atoms with Gasteiger partial charge in [-0.3, -0.25) is 4.98 Å². The minimum absolute atomic E-state index is 0.568. The zero-order valence-electron chi connectivity index (χ0n) is 14.1. The van der Waals surface area contributed by atoms with Crippen molar-refractivity contribution in [3.8, 4) is 11.4 Å². The molecule has 2 heterocycles. The van der Waals surface area contributed by atoms with Crippen LogP contribution in [0.3, 0.4) is 0 Å². The number of hydrogen-bond acceptors (Lipinski definition) is 4. The summed E-state index contributed by atoms with van der Waals surface area (Å²) in [6.07, 6.45) is 8.77. The lowest BCUT2D eigenvalue weighted by Crippen LogP contribution is -2.02. The number of hydrogen-bond donors (Lipinski definition) is 1. The lowest BCUT2D eigenvalue weighted by molar-refractivity contribution is 1.20. The average molecular weight is 383 g/mol. The van der Waals surface area contributed by atoms with Gasteiger partial charge in [0.1, 0.15) is 5.82 Å². The van der Waals surface area contributed by atoms with Crippen LogP contribution in [0.4, 0.5) is 5.82 Å². The maximum absolute atomic E-state index is 6.15. The highest BCUT2D eigenvalue weighted by atomic mass is 35.5. The first-order valence-electron chi connectivity index (χ1n) is 7.90. The number of pyridine rings is 1. The smallest absolute Gasteiger partial charge is 0.163 e. The van der Waals surface area contributed by atoms with Crippen LogP contribution in [0.1, 0.15) is 6.92 Å². The third kappa shape index (κ3) is 4.28. The van der Waals surface area contributed by atoms with Gasteiger partial charge in [0.15, 0.2) is 5.82 Å². The molecule has 0 saturated carbocycles. The molecule has 0 aliphatic heterocycles. The Kier molecular flexibility index (Phi) is 5.66. The Bertz CT molecular complexity index is 1010. The number of fused-ring (bicyclic) bond motifs is 1. The molecule has 6 heteroatoms. The molecule has 1 N–H and O–H groups in total. The van der Waals surface area contributed by atoms with Gasteiger partial charge in [-0.1, -0.05) is 35.9 Å². The summed E-state index contributed by atoms with van der Waals surface area (Å²) in [5, 5.41) is 5.24. The molecule has 0 bridgehead atoms. The van der Waals surface area contributed by atoms with E-state index in [0.29, 0.717) is 27.4 Å². The number of nitrogens with one attached hydrogen (secondary N) is 1. The molecular formula is C20H16Cl2N4. The van der Waals surface area contributed by atoms with Crippen LogP contribution < -0.4 is 5.32 Å². The molecule has 0 aliphatic carbocycles. The lowest BCUT2D eigenvalue weighted by atomic mass is 10.2. The third-order valence-corrected chi connectivity index (χ3v) is 4.16. The molecule has 26 heavy (non-hydrogen) atoms. The van der Waals surface area contributed by atoms with Crippen molar-refractivity contribution in [1.82, 2.24) is 15.0 Å². The largest absolute Gasteiger partial charge is 0.340 e. The predicted octanol–water partition coefficient (Wildman–Crippen LogP) is 5.97. The second kappa shape index (κ2) is 8.13. The zero-order chi connectivity index (χ0) is 18.5. The molecule has 0 radical (unpaired) electrons. The molecule has 2 aromatic heterocycles. The van der Waals surface area contributed by atoms with Crippen LogP contribution in [0.5, 0.6) is 0 Å². The Morgan fingerprint density at radius 3 is 2.77 bits per heavy atom. The molecule has 0 aliphatic rings. The monoisotopic (exact) mass is 382 g/mol. The number of nitrogens with zero attached hydrogens (tertiary/aromatic N) is 3. The Morgan fingerprint density at radius 2 is 2.04 bits per heavy atom. The summed E-state index contributed by atoms with van der Waals surface area (Å²) >= 11 is 12.1. The van der Waals surface area contributed by atoms with E-state index in [9.17, 15) is 0 Å². The standard InChI is InChI=1S/C20H16Cl2N4/c1-3-15(21)7-6-13(2)24-20-17-11-16(22)8-9-18(17)25-19(26-20)14-5-4-10-23-12-14/h3-12H,2H2,1H3,(H,24,25,26)/b7-6-,15-3+. The molecule has 0 unspecified atom stereocenters. The van der Waals surface area contributed by atoms with Gasteiger partial charge in [0.2, 0.25) is 0 Å². The van der Waals surface area contributed by atoms with Gasteiger partial charge in [-0.2, -0.15) is 0 Å². The number of rotatable bonds is 5. The van der Waals surface area contributed by atoms with Crippen molar-refractivity contribution in [3.05, 3.63) is 83.3 Å². The molecule has 4 nitrogen and oxygen atoms in total. The minimum atomic E-state index is 0.568. The van der Waals surface area contributed by atoms with E-state index in [1.165, 1.54) is 0 Å². The number of allylic oxidation sites excluding steroid dienone is 4. The topological polar surface area (TPSA) is 50.7 Å². The summed E-state index contributed by atoms with van der Waals surface area (Å²) in [4.78, 5) is 13.4. The summed E-state index contributed by atoms with van der Waals surface area (Å²) < 4.78 is 0. The summed E-state index contributed by atoms with van der Waals surface area (Å²) in [6.45, 7) is 5.86. The van der Waals surface area contributed by atoms with E-state index < -0.39 is 0 Å². The van der Waals surface area contributed by atoms with Crippen molar-refractivity contribution in [2.24, 2.45) is 0 Å². The highest BCUT2D eigenvalue weighted by molar-refractivity contribution is 6.31. The molecule has 1 aromatic carbocycles. The molecule has 0 amide bonds. The summed E-state index contributed by atoms with van der Waals surface area (Å²) in [5.41, 5.74) is 2.24. The van der Waals surface area contributed by atoms with Crippen molar-refractivity contribution >= 4 is 39.9 Å². The Balaban J connectivity index is 2.05. The number of halogens is 2. The Labute approximate surface area is 161 Å². The number of benzene rings is 1. The van der Waals surface area contributed by atoms with Gasteiger partial charge in [0.05, 0.1) is 5.52 Å². The van der Waals surface area contributed by atoms with Gasteiger partial charge in [-0.15, -0.1) is 0 Å². The number of aromatic nitrogens is 3. The van der Waals surface area contributed by atoms with Gasteiger partial charge in [-0.25, -0.2) is 9.97 Å². The van der Waals surface area contributed by atoms with E-state index in [2.05, 4.69) is 26.8 Å². The maximum Gasteiger partial charge on any atom is 0.163 e. The molecule has 3 rings (SSSR count). The van der Waals surface area contributed by atoms with E-state index in [1.807, 2.05) is 31.2 Å². The van der Waals surface area contributed by atoms with Crippen LogP contribution in [0, 0.1) is 0 Å². The van der Waals surface area contributed by atoms with E-state index in [4.69, 9.17) is 23.2 Å². The van der Waals surface area contributed by atoms with E-state index in [1.54, 1.807) is 36.7 Å². The fraction of sp³-hybridized carbons (Fsp3) is 0.0500. The molecule has 0 spiro atoms. The summed E-state index contributed by atoms with van der Waals surface area (Å²) in [6, 6.07) is 9.24. The first-order valence-corrected chi connectivity index (χ1v) is 8.66. The van der Waals surface area contributed by atoms with Crippen LogP contribution in [0.15, 0.2) is 78.3 Å².